The van der Waals surface area contributed by atoms with E-state index in [1.165, 1.54) is 18.9 Å². The number of hydrogen-bond donors (Lipinski definition) is 2. The summed E-state index contributed by atoms with van der Waals surface area (Å²) >= 11 is 0. The summed E-state index contributed by atoms with van der Waals surface area (Å²) < 4.78 is 26.6. The van der Waals surface area contributed by atoms with Crippen molar-refractivity contribution in [1.29, 1.82) is 0 Å². The van der Waals surface area contributed by atoms with E-state index >= 15 is 0 Å². The molecular weight excluding hydrogens is 314 g/mol. The van der Waals surface area contributed by atoms with Crippen LogP contribution in [-0.2, 0) is 0 Å². The number of nitrogens with zero attached hydrogens (tertiary/aromatic N) is 2. The molecule has 1 aliphatic rings. The van der Waals surface area contributed by atoms with Gasteiger partial charge in [-0.1, -0.05) is 12.8 Å². The molecule has 2 N–H and O–H groups in total. The zero-order valence-corrected chi connectivity index (χ0v) is 13.3. The monoisotopic (exact) mass is 332 g/mol. The van der Waals surface area contributed by atoms with E-state index in [0.29, 0.717) is 23.8 Å². The van der Waals surface area contributed by atoms with Crippen LogP contribution in [0.15, 0.2) is 24.3 Å². The minimum atomic E-state index is -0.835. The van der Waals surface area contributed by atoms with Crippen molar-refractivity contribution in [2.45, 2.75) is 38.6 Å². The van der Waals surface area contributed by atoms with Crippen molar-refractivity contribution in [3.05, 3.63) is 47.4 Å². The Morgan fingerprint density at radius 1 is 1.17 bits per heavy atom. The second kappa shape index (κ2) is 6.90. The Morgan fingerprint density at radius 2 is 1.92 bits per heavy atom. The normalized spacial score (nSPS) is 14.6. The highest BCUT2D eigenvalue weighted by Crippen LogP contribution is 2.22. The van der Waals surface area contributed by atoms with Crippen molar-refractivity contribution in [1.82, 2.24) is 9.97 Å². The fraction of sp³-hybridized carbons (Fsp3) is 0.353. The average molecular weight is 332 g/mol. The van der Waals surface area contributed by atoms with Crippen LogP contribution in [0.2, 0.25) is 0 Å². The molecule has 7 heteroatoms. The molecule has 0 aliphatic heterocycles. The topological polar surface area (TPSA) is 66.9 Å². The highest BCUT2D eigenvalue weighted by Gasteiger charge is 2.17. The summed E-state index contributed by atoms with van der Waals surface area (Å²) in [4.78, 5) is 20.7. The summed E-state index contributed by atoms with van der Waals surface area (Å²) in [7, 11) is 0. The van der Waals surface area contributed by atoms with Gasteiger partial charge in [-0.05, 0) is 31.9 Å². The maximum Gasteiger partial charge on any atom is 0.274 e. The van der Waals surface area contributed by atoms with Gasteiger partial charge < -0.3 is 10.6 Å². The van der Waals surface area contributed by atoms with Crippen molar-refractivity contribution in [3.8, 4) is 0 Å². The van der Waals surface area contributed by atoms with Gasteiger partial charge in [0.1, 0.15) is 29.0 Å². The Labute approximate surface area is 138 Å². The molecule has 1 aliphatic carbocycles. The lowest BCUT2D eigenvalue weighted by Crippen LogP contribution is -2.19. The van der Waals surface area contributed by atoms with Gasteiger partial charge in [0.15, 0.2) is 0 Å². The maximum absolute atomic E-state index is 13.7. The number of amides is 1. The molecular formula is C17H18F2N4O. The Bertz CT molecular complexity index is 760. The molecule has 0 spiro atoms. The molecule has 0 bridgehead atoms. The minimum absolute atomic E-state index is 0.0945. The third-order valence-electron chi connectivity index (χ3n) is 3.96. The van der Waals surface area contributed by atoms with Gasteiger partial charge in [-0.3, -0.25) is 4.79 Å². The number of halogens is 2. The van der Waals surface area contributed by atoms with Crippen LogP contribution in [0.3, 0.4) is 0 Å². The predicted octanol–water partition coefficient (Wildman–Crippen LogP) is 3.67. The van der Waals surface area contributed by atoms with E-state index in [1.807, 2.05) is 0 Å². The molecule has 0 unspecified atom stereocenters. The smallest absolute Gasteiger partial charge is 0.274 e. The number of carbonyl (C=O) groups excluding carboxylic acids is 1. The SMILES string of the molecule is Cc1nc(NC2CCCC2)cc(C(=O)Nc2ccc(F)cc2F)n1. The third-order valence-corrected chi connectivity index (χ3v) is 3.96. The summed E-state index contributed by atoms with van der Waals surface area (Å²) in [6, 6.07) is 4.87. The summed E-state index contributed by atoms with van der Waals surface area (Å²) in [5.41, 5.74) is 0.0367. The number of carbonyl (C=O) groups is 1. The number of rotatable bonds is 4. The Kier molecular flexibility index (Phi) is 4.69. The quantitative estimate of drug-likeness (QED) is 0.896. The Balaban J connectivity index is 1.77. The molecule has 1 heterocycles. The fourth-order valence-electron chi connectivity index (χ4n) is 2.81. The van der Waals surface area contributed by atoms with Gasteiger partial charge in [-0.15, -0.1) is 0 Å². The first-order chi connectivity index (χ1) is 11.5. The number of anilines is 2. The number of aromatic nitrogens is 2. The molecule has 0 atom stereocenters. The molecule has 1 saturated carbocycles. The molecule has 1 aromatic carbocycles. The molecule has 0 saturated heterocycles. The van der Waals surface area contributed by atoms with Crippen LogP contribution in [0.5, 0.6) is 0 Å². The van der Waals surface area contributed by atoms with E-state index < -0.39 is 17.5 Å². The minimum Gasteiger partial charge on any atom is -0.367 e. The standard InChI is InChI=1S/C17H18F2N4O/c1-10-20-15(9-16(21-10)22-12-4-2-3-5-12)17(24)23-14-7-6-11(18)8-13(14)19/h6-9,12H,2-5H2,1H3,(H,23,24)(H,20,21,22). The number of aryl methyl sites for hydroxylation is 1. The highest BCUT2D eigenvalue weighted by atomic mass is 19.1. The molecule has 1 amide bonds. The predicted molar refractivity (Wildman–Crippen MR) is 87.0 cm³/mol. The number of hydrogen-bond acceptors (Lipinski definition) is 4. The van der Waals surface area contributed by atoms with Gasteiger partial charge in [0, 0.05) is 18.2 Å². The zero-order valence-electron chi connectivity index (χ0n) is 13.3. The Hall–Kier alpha value is -2.57. The van der Waals surface area contributed by atoms with Crippen molar-refractivity contribution in [3.63, 3.8) is 0 Å². The van der Waals surface area contributed by atoms with Gasteiger partial charge in [0.2, 0.25) is 0 Å². The average Bonchev–Trinajstić information content (AvgIpc) is 3.02. The second-order valence-corrected chi connectivity index (χ2v) is 5.89. The lowest BCUT2D eigenvalue weighted by atomic mass is 10.2. The van der Waals surface area contributed by atoms with Crippen LogP contribution in [0.4, 0.5) is 20.3 Å². The molecule has 1 fully saturated rings. The largest absolute Gasteiger partial charge is 0.367 e. The van der Waals surface area contributed by atoms with Gasteiger partial charge >= 0.3 is 0 Å². The lowest BCUT2D eigenvalue weighted by molar-refractivity contribution is 0.102. The number of nitrogens with one attached hydrogen (secondary N) is 2. The van der Waals surface area contributed by atoms with Crippen molar-refractivity contribution < 1.29 is 13.6 Å². The summed E-state index contributed by atoms with van der Waals surface area (Å²) in [5, 5.41) is 5.71. The van der Waals surface area contributed by atoms with Gasteiger partial charge in [0.25, 0.3) is 5.91 Å². The Morgan fingerprint density at radius 3 is 2.62 bits per heavy atom. The van der Waals surface area contributed by atoms with Crippen LogP contribution in [0.25, 0.3) is 0 Å². The fourth-order valence-corrected chi connectivity index (χ4v) is 2.81. The first-order valence-electron chi connectivity index (χ1n) is 7.90. The van der Waals surface area contributed by atoms with Crippen LogP contribution >= 0.6 is 0 Å². The summed E-state index contributed by atoms with van der Waals surface area (Å²) in [5.74, 6) is -1.08. The molecule has 1 aromatic heterocycles. The lowest BCUT2D eigenvalue weighted by Gasteiger charge is -2.14. The van der Waals surface area contributed by atoms with Gasteiger partial charge in [0.05, 0.1) is 5.69 Å². The molecule has 3 rings (SSSR count). The van der Waals surface area contributed by atoms with E-state index in [4.69, 9.17) is 0 Å². The molecule has 0 radical (unpaired) electrons. The summed E-state index contributed by atoms with van der Waals surface area (Å²) in [6.07, 6.45) is 4.51. The molecule has 126 valence electrons. The van der Waals surface area contributed by atoms with E-state index in [-0.39, 0.29) is 11.4 Å². The van der Waals surface area contributed by atoms with Crippen molar-refractivity contribution in [2.24, 2.45) is 0 Å². The second-order valence-electron chi connectivity index (χ2n) is 5.89. The van der Waals surface area contributed by atoms with E-state index in [1.54, 1.807) is 13.0 Å². The highest BCUT2D eigenvalue weighted by molar-refractivity contribution is 6.03. The van der Waals surface area contributed by atoms with Crippen molar-refractivity contribution >= 4 is 17.4 Å². The molecule has 24 heavy (non-hydrogen) atoms. The van der Waals surface area contributed by atoms with Gasteiger partial charge in [-0.2, -0.15) is 0 Å². The molecule has 2 aromatic rings. The maximum atomic E-state index is 13.7. The zero-order chi connectivity index (χ0) is 17.1. The van der Waals surface area contributed by atoms with Gasteiger partial charge in [-0.25, -0.2) is 18.7 Å². The van der Waals surface area contributed by atoms with Crippen LogP contribution in [0, 0.1) is 18.6 Å². The van der Waals surface area contributed by atoms with Crippen molar-refractivity contribution in [2.75, 3.05) is 10.6 Å². The molecule has 5 nitrogen and oxygen atoms in total. The van der Waals surface area contributed by atoms with E-state index in [2.05, 4.69) is 20.6 Å². The van der Waals surface area contributed by atoms with E-state index in [9.17, 15) is 13.6 Å². The first-order valence-corrected chi connectivity index (χ1v) is 7.90. The summed E-state index contributed by atoms with van der Waals surface area (Å²) in [6.45, 7) is 1.69. The van der Waals surface area contributed by atoms with Crippen LogP contribution in [0.1, 0.15) is 42.0 Å². The van der Waals surface area contributed by atoms with E-state index in [0.717, 1.165) is 18.9 Å². The third kappa shape index (κ3) is 3.84. The number of benzene rings is 1. The van der Waals surface area contributed by atoms with Crippen LogP contribution in [-0.4, -0.2) is 21.9 Å². The first kappa shape index (κ1) is 16.3. The van der Waals surface area contributed by atoms with Crippen LogP contribution < -0.4 is 10.6 Å².